The van der Waals surface area contributed by atoms with Gasteiger partial charge in [-0.1, -0.05) is 20.8 Å². The molecule has 3 N–H and O–H groups in total. The number of carbonyl (C=O) groups excluding carboxylic acids is 1. The number of hydrogen-bond donors (Lipinski definition) is 2. The minimum Gasteiger partial charge on any atom is -0.328 e. The maximum Gasteiger partial charge on any atom is 0.156 e. The molecule has 0 rings (SSSR count). The highest BCUT2D eigenvalue weighted by Crippen LogP contribution is 2.17. The highest BCUT2D eigenvalue weighted by atomic mass is 16.1. The predicted molar refractivity (Wildman–Crippen MR) is 60.2 cm³/mol. The van der Waals surface area contributed by atoms with E-state index < -0.39 is 0 Å². The van der Waals surface area contributed by atoms with E-state index in [9.17, 15) is 4.79 Å². The van der Waals surface area contributed by atoms with Crippen molar-refractivity contribution in [2.24, 2.45) is 11.1 Å². The van der Waals surface area contributed by atoms with Crippen LogP contribution >= 0.6 is 0 Å². The van der Waals surface area contributed by atoms with Crippen LogP contribution in [-0.4, -0.2) is 23.9 Å². The SMILES string of the molecule is CC(C)(C)NC(CN)C(=O)C(C)(C)C. The first-order chi connectivity index (χ1) is 6.08. The molecular weight excluding hydrogens is 176 g/mol. The van der Waals surface area contributed by atoms with Gasteiger partial charge in [-0.15, -0.1) is 0 Å². The normalized spacial score (nSPS) is 15.4. The Kier molecular flexibility index (Phi) is 4.28. The fourth-order valence-corrected chi connectivity index (χ4v) is 1.28. The highest BCUT2D eigenvalue weighted by Gasteiger charge is 2.30. The van der Waals surface area contributed by atoms with Crippen LogP contribution in [0, 0.1) is 5.41 Å². The van der Waals surface area contributed by atoms with Crippen LogP contribution in [0.25, 0.3) is 0 Å². The topological polar surface area (TPSA) is 55.1 Å². The number of rotatable bonds is 3. The van der Waals surface area contributed by atoms with Crippen molar-refractivity contribution in [1.29, 1.82) is 0 Å². The standard InChI is InChI=1S/C11H24N2O/c1-10(2,3)9(14)8(7-12)13-11(4,5)6/h8,13H,7,12H2,1-6H3. The molecule has 0 spiro atoms. The van der Waals surface area contributed by atoms with Crippen molar-refractivity contribution in [3.05, 3.63) is 0 Å². The fourth-order valence-electron chi connectivity index (χ4n) is 1.28. The summed E-state index contributed by atoms with van der Waals surface area (Å²) in [6.45, 7) is 12.2. The van der Waals surface area contributed by atoms with Crippen LogP contribution in [0.2, 0.25) is 0 Å². The highest BCUT2D eigenvalue weighted by molar-refractivity contribution is 5.89. The fraction of sp³-hybridized carbons (Fsp3) is 0.909. The Labute approximate surface area is 87.4 Å². The van der Waals surface area contributed by atoms with Crippen LogP contribution in [0.5, 0.6) is 0 Å². The Hall–Kier alpha value is -0.410. The van der Waals surface area contributed by atoms with Gasteiger partial charge in [-0.25, -0.2) is 0 Å². The number of carbonyl (C=O) groups is 1. The van der Waals surface area contributed by atoms with E-state index in [-0.39, 0.29) is 22.8 Å². The molecule has 0 amide bonds. The van der Waals surface area contributed by atoms with Gasteiger partial charge < -0.3 is 11.1 Å². The molecule has 0 saturated heterocycles. The average Bonchev–Trinajstić information content (AvgIpc) is 1.95. The molecule has 0 radical (unpaired) electrons. The summed E-state index contributed by atoms with van der Waals surface area (Å²) in [6.07, 6.45) is 0. The van der Waals surface area contributed by atoms with Crippen molar-refractivity contribution in [3.8, 4) is 0 Å². The molecule has 0 bridgehead atoms. The minimum atomic E-state index is -0.331. The molecule has 1 atom stereocenters. The van der Waals surface area contributed by atoms with Crippen LogP contribution in [0.1, 0.15) is 41.5 Å². The van der Waals surface area contributed by atoms with Crippen LogP contribution in [0.4, 0.5) is 0 Å². The molecule has 0 saturated carbocycles. The summed E-state index contributed by atoms with van der Waals surface area (Å²) in [5, 5.41) is 3.24. The van der Waals surface area contributed by atoms with Crippen molar-refractivity contribution in [2.75, 3.05) is 6.54 Å². The smallest absolute Gasteiger partial charge is 0.156 e. The van der Waals surface area contributed by atoms with Crippen molar-refractivity contribution in [2.45, 2.75) is 53.1 Å². The number of hydrogen-bond acceptors (Lipinski definition) is 3. The van der Waals surface area contributed by atoms with E-state index >= 15 is 0 Å². The van der Waals surface area contributed by atoms with E-state index in [1.54, 1.807) is 0 Å². The number of Topliss-reactive ketones (excluding diaryl/α,β-unsaturated/α-hetero) is 1. The lowest BCUT2D eigenvalue weighted by atomic mass is 9.85. The van der Waals surface area contributed by atoms with Crippen LogP contribution < -0.4 is 11.1 Å². The van der Waals surface area contributed by atoms with Gasteiger partial charge in [-0.05, 0) is 20.8 Å². The Bertz CT molecular complexity index is 198. The second kappa shape index (κ2) is 4.41. The quantitative estimate of drug-likeness (QED) is 0.722. The molecule has 0 aromatic carbocycles. The van der Waals surface area contributed by atoms with Gasteiger partial charge in [0.2, 0.25) is 0 Å². The second-order valence-electron chi connectivity index (χ2n) is 5.80. The molecule has 1 unspecified atom stereocenters. The monoisotopic (exact) mass is 200 g/mol. The first-order valence-corrected chi connectivity index (χ1v) is 5.10. The number of ketones is 1. The molecule has 0 aliphatic heterocycles. The third-order valence-electron chi connectivity index (χ3n) is 1.90. The molecular formula is C11H24N2O. The van der Waals surface area contributed by atoms with Crippen molar-refractivity contribution in [1.82, 2.24) is 5.32 Å². The maximum absolute atomic E-state index is 11.9. The van der Waals surface area contributed by atoms with E-state index in [1.807, 2.05) is 41.5 Å². The average molecular weight is 200 g/mol. The first kappa shape index (κ1) is 13.6. The second-order valence-corrected chi connectivity index (χ2v) is 5.80. The maximum atomic E-state index is 11.9. The summed E-state index contributed by atoms with van der Waals surface area (Å²) < 4.78 is 0. The molecule has 0 fully saturated rings. The lowest BCUT2D eigenvalue weighted by Gasteiger charge is -2.30. The Morgan fingerprint density at radius 3 is 1.86 bits per heavy atom. The van der Waals surface area contributed by atoms with E-state index in [4.69, 9.17) is 5.73 Å². The Morgan fingerprint density at radius 2 is 1.64 bits per heavy atom. The molecule has 0 heterocycles. The summed E-state index contributed by atoms with van der Waals surface area (Å²) in [4.78, 5) is 11.9. The van der Waals surface area contributed by atoms with Crippen LogP contribution in [-0.2, 0) is 4.79 Å². The number of nitrogens with one attached hydrogen (secondary N) is 1. The molecule has 3 heteroatoms. The summed E-state index contributed by atoms with van der Waals surface area (Å²) in [7, 11) is 0. The zero-order valence-corrected chi connectivity index (χ0v) is 10.3. The third kappa shape index (κ3) is 4.72. The van der Waals surface area contributed by atoms with Crippen molar-refractivity contribution in [3.63, 3.8) is 0 Å². The van der Waals surface area contributed by atoms with Crippen molar-refractivity contribution >= 4 is 5.78 Å². The third-order valence-corrected chi connectivity index (χ3v) is 1.90. The van der Waals surface area contributed by atoms with Gasteiger partial charge in [0.15, 0.2) is 5.78 Å². The van der Waals surface area contributed by atoms with Gasteiger partial charge in [0.25, 0.3) is 0 Å². The number of nitrogens with two attached hydrogens (primary N) is 1. The summed E-state index contributed by atoms with van der Waals surface area (Å²) >= 11 is 0. The molecule has 3 nitrogen and oxygen atoms in total. The van der Waals surface area contributed by atoms with Crippen LogP contribution in [0.15, 0.2) is 0 Å². The minimum absolute atomic E-state index is 0.0784. The zero-order chi connectivity index (χ0) is 11.6. The summed E-state index contributed by atoms with van der Waals surface area (Å²) in [5.74, 6) is 0.176. The summed E-state index contributed by atoms with van der Waals surface area (Å²) in [5.41, 5.74) is 5.18. The lowest BCUT2D eigenvalue weighted by molar-refractivity contribution is -0.128. The molecule has 84 valence electrons. The molecule has 0 aliphatic carbocycles. The molecule has 14 heavy (non-hydrogen) atoms. The molecule has 0 aromatic heterocycles. The molecule has 0 aromatic rings. The van der Waals surface area contributed by atoms with Gasteiger partial charge in [0, 0.05) is 17.5 Å². The van der Waals surface area contributed by atoms with Gasteiger partial charge in [-0.2, -0.15) is 0 Å². The molecule has 0 aliphatic rings. The van der Waals surface area contributed by atoms with E-state index in [0.717, 1.165) is 0 Å². The van der Waals surface area contributed by atoms with Gasteiger partial charge in [0.1, 0.15) is 0 Å². The van der Waals surface area contributed by atoms with E-state index in [2.05, 4.69) is 5.32 Å². The zero-order valence-electron chi connectivity index (χ0n) is 10.3. The van der Waals surface area contributed by atoms with Crippen LogP contribution in [0.3, 0.4) is 0 Å². The van der Waals surface area contributed by atoms with E-state index in [0.29, 0.717) is 6.54 Å². The van der Waals surface area contributed by atoms with Gasteiger partial charge in [0.05, 0.1) is 6.04 Å². The Balaban J connectivity index is 4.51. The first-order valence-electron chi connectivity index (χ1n) is 5.10. The van der Waals surface area contributed by atoms with E-state index in [1.165, 1.54) is 0 Å². The van der Waals surface area contributed by atoms with Gasteiger partial charge >= 0.3 is 0 Å². The largest absolute Gasteiger partial charge is 0.328 e. The van der Waals surface area contributed by atoms with Crippen molar-refractivity contribution < 1.29 is 4.79 Å². The lowest BCUT2D eigenvalue weighted by Crippen LogP contribution is -2.54. The van der Waals surface area contributed by atoms with Gasteiger partial charge in [-0.3, -0.25) is 4.79 Å². The Morgan fingerprint density at radius 1 is 1.21 bits per heavy atom. The summed E-state index contributed by atoms with van der Waals surface area (Å²) in [6, 6.07) is -0.241. The predicted octanol–water partition coefficient (Wildman–Crippen LogP) is 1.32.